The molecule has 24 heavy (non-hydrogen) atoms. The highest BCUT2D eigenvalue weighted by Crippen LogP contribution is 2.29. The summed E-state index contributed by atoms with van der Waals surface area (Å²) in [6.45, 7) is 0.0659. The van der Waals surface area contributed by atoms with Crippen LogP contribution < -0.4 is 15.8 Å². The molecule has 2 heterocycles. The zero-order chi connectivity index (χ0) is 17.1. The first kappa shape index (κ1) is 15.4. The lowest BCUT2D eigenvalue weighted by atomic mass is 10.2. The lowest BCUT2D eigenvalue weighted by Gasteiger charge is -2.17. The number of carbonyl (C=O) groups is 2. The summed E-state index contributed by atoms with van der Waals surface area (Å²) >= 11 is 0. The summed E-state index contributed by atoms with van der Waals surface area (Å²) in [7, 11) is 0. The molecule has 1 aliphatic heterocycles. The van der Waals surface area contributed by atoms with Crippen LogP contribution in [0.4, 0.5) is 11.4 Å². The first-order chi connectivity index (χ1) is 11.5. The van der Waals surface area contributed by atoms with Crippen molar-refractivity contribution in [2.75, 3.05) is 17.7 Å². The Balaban J connectivity index is 0.000000141. The van der Waals surface area contributed by atoms with Gasteiger partial charge in [0, 0.05) is 23.5 Å². The highest BCUT2D eigenvalue weighted by molar-refractivity contribution is 5.95. The number of hydrogen-bond donors (Lipinski definition) is 4. The van der Waals surface area contributed by atoms with E-state index in [1.54, 1.807) is 42.6 Å². The third-order valence-electron chi connectivity index (χ3n) is 3.44. The molecular formula is C17H15N3O4. The van der Waals surface area contributed by atoms with Gasteiger partial charge >= 0.3 is 5.97 Å². The molecule has 2 aromatic carbocycles. The number of hydrogen-bond acceptors (Lipinski definition) is 4. The number of H-pyrrole nitrogens is 1. The number of nitrogen functional groups attached to an aromatic ring is 1. The molecule has 0 atom stereocenters. The van der Waals surface area contributed by atoms with Gasteiger partial charge in [0.25, 0.3) is 5.91 Å². The van der Waals surface area contributed by atoms with Crippen LogP contribution in [0, 0.1) is 0 Å². The van der Waals surface area contributed by atoms with Crippen LogP contribution >= 0.6 is 0 Å². The molecule has 4 rings (SSSR count). The monoisotopic (exact) mass is 325 g/mol. The number of nitrogens with one attached hydrogen (secondary N) is 2. The van der Waals surface area contributed by atoms with Crippen molar-refractivity contribution >= 4 is 34.2 Å². The number of anilines is 2. The molecular weight excluding hydrogens is 310 g/mol. The van der Waals surface area contributed by atoms with Gasteiger partial charge in [-0.2, -0.15) is 0 Å². The number of fused-ring (bicyclic) bond motifs is 2. The number of ether oxygens (including phenoxy) is 1. The number of carboxylic acids is 1. The molecule has 122 valence electrons. The maximum Gasteiger partial charge on any atom is 0.335 e. The number of benzene rings is 2. The second kappa shape index (κ2) is 6.33. The fourth-order valence-corrected chi connectivity index (χ4v) is 2.27. The number of amides is 1. The molecule has 5 N–H and O–H groups in total. The van der Waals surface area contributed by atoms with E-state index in [0.29, 0.717) is 22.7 Å². The van der Waals surface area contributed by atoms with Crippen molar-refractivity contribution in [2.24, 2.45) is 0 Å². The summed E-state index contributed by atoms with van der Waals surface area (Å²) in [4.78, 5) is 24.3. The molecule has 0 unspecified atom stereocenters. The van der Waals surface area contributed by atoms with Crippen molar-refractivity contribution in [3.63, 3.8) is 0 Å². The Bertz CT molecular complexity index is 917. The van der Waals surface area contributed by atoms with E-state index in [1.165, 1.54) is 0 Å². The van der Waals surface area contributed by atoms with Gasteiger partial charge in [0.05, 0.1) is 11.3 Å². The summed E-state index contributed by atoms with van der Waals surface area (Å²) in [5.74, 6) is -0.395. The smallest absolute Gasteiger partial charge is 0.335 e. The number of nitrogens with two attached hydrogens (primary N) is 1. The Morgan fingerprint density at radius 2 is 2.00 bits per heavy atom. The van der Waals surface area contributed by atoms with E-state index in [0.717, 1.165) is 10.9 Å². The maximum absolute atomic E-state index is 10.8. The molecule has 0 spiro atoms. The van der Waals surface area contributed by atoms with Crippen molar-refractivity contribution in [1.29, 1.82) is 0 Å². The summed E-state index contributed by atoms with van der Waals surface area (Å²) in [6, 6.07) is 12.0. The van der Waals surface area contributed by atoms with Gasteiger partial charge in [-0.05, 0) is 35.7 Å². The van der Waals surface area contributed by atoms with Gasteiger partial charge in [-0.3, -0.25) is 4.79 Å². The van der Waals surface area contributed by atoms with Crippen LogP contribution in [0.3, 0.4) is 0 Å². The summed E-state index contributed by atoms with van der Waals surface area (Å²) in [6.07, 6.45) is 1.79. The van der Waals surface area contributed by atoms with Crippen LogP contribution in [0.5, 0.6) is 5.75 Å². The number of rotatable bonds is 1. The second-order valence-corrected chi connectivity index (χ2v) is 5.18. The fraction of sp³-hybridized carbons (Fsp3) is 0.0588. The minimum atomic E-state index is -0.897. The van der Waals surface area contributed by atoms with Crippen LogP contribution in [-0.2, 0) is 4.79 Å². The van der Waals surface area contributed by atoms with E-state index in [4.69, 9.17) is 15.6 Å². The average Bonchev–Trinajstić information content (AvgIpc) is 3.03. The minimum Gasteiger partial charge on any atom is -0.482 e. The largest absolute Gasteiger partial charge is 0.482 e. The van der Waals surface area contributed by atoms with Crippen LogP contribution in [0.2, 0.25) is 0 Å². The van der Waals surface area contributed by atoms with Crippen LogP contribution in [-0.4, -0.2) is 28.6 Å². The molecule has 1 aliphatic rings. The number of aromatic amines is 1. The van der Waals surface area contributed by atoms with E-state index < -0.39 is 5.97 Å². The van der Waals surface area contributed by atoms with Gasteiger partial charge in [0.1, 0.15) is 5.75 Å². The lowest BCUT2D eigenvalue weighted by Crippen LogP contribution is -2.25. The minimum absolute atomic E-state index is 0.0659. The third kappa shape index (κ3) is 3.30. The van der Waals surface area contributed by atoms with Gasteiger partial charge in [0.15, 0.2) is 6.61 Å². The van der Waals surface area contributed by atoms with Crippen molar-refractivity contribution in [1.82, 2.24) is 4.98 Å². The third-order valence-corrected chi connectivity index (χ3v) is 3.44. The lowest BCUT2D eigenvalue weighted by molar-refractivity contribution is -0.118. The fourth-order valence-electron chi connectivity index (χ4n) is 2.27. The van der Waals surface area contributed by atoms with Crippen LogP contribution in [0.15, 0.2) is 48.7 Å². The zero-order valence-electron chi connectivity index (χ0n) is 12.6. The maximum atomic E-state index is 10.8. The first-order valence-electron chi connectivity index (χ1n) is 7.15. The molecule has 7 nitrogen and oxygen atoms in total. The SMILES string of the molecule is Nc1ccc2c(c1)OCC(=O)N2.O=C(O)c1ccc2cc[nH]c2c1. The summed E-state index contributed by atoms with van der Waals surface area (Å²) in [5.41, 5.74) is 8.00. The molecule has 0 fully saturated rings. The molecule has 0 aliphatic carbocycles. The molecule has 0 radical (unpaired) electrons. The second-order valence-electron chi connectivity index (χ2n) is 5.18. The number of aromatic nitrogens is 1. The molecule has 1 aromatic heterocycles. The van der Waals surface area contributed by atoms with E-state index in [2.05, 4.69) is 10.3 Å². The summed E-state index contributed by atoms with van der Waals surface area (Å²) < 4.78 is 5.12. The van der Waals surface area contributed by atoms with Crippen molar-refractivity contribution in [3.8, 4) is 5.75 Å². The van der Waals surface area contributed by atoms with E-state index >= 15 is 0 Å². The van der Waals surface area contributed by atoms with Gasteiger partial charge in [-0.15, -0.1) is 0 Å². The van der Waals surface area contributed by atoms with Gasteiger partial charge < -0.3 is 25.9 Å². The molecule has 1 amide bonds. The average molecular weight is 325 g/mol. The van der Waals surface area contributed by atoms with Gasteiger partial charge in [-0.1, -0.05) is 6.07 Å². The van der Waals surface area contributed by atoms with Crippen molar-refractivity contribution in [2.45, 2.75) is 0 Å². The van der Waals surface area contributed by atoms with Crippen LogP contribution in [0.25, 0.3) is 10.9 Å². The topological polar surface area (TPSA) is 117 Å². The van der Waals surface area contributed by atoms with E-state index in [-0.39, 0.29) is 12.5 Å². The summed E-state index contributed by atoms with van der Waals surface area (Å²) in [5, 5.41) is 12.4. The Labute approximate surface area is 137 Å². The standard InChI is InChI=1S/C9H7NO2.C8H8N2O2/c11-9(12)7-2-1-6-3-4-10-8(6)5-7;9-5-1-2-6-7(3-5)12-4-8(11)10-6/h1-5,10H,(H,11,12);1-3H,4,9H2,(H,10,11). The van der Waals surface area contributed by atoms with Crippen LogP contribution in [0.1, 0.15) is 10.4 Å². The quantitative estimate of drug-likeness (QED) is 0.513. The van der Waals surface area contributed by atoms with Crippen molar-refractivity contribution < 1.29 is 19.4 Å². The highest BCUT2D eigenvalue weighted by atomic mass is 16.5. The number of carbonyl (C=O) groups excluding carboxylic acids is 1. The van der Waals surface area contributed by atoms with E-state index in [9.17, 15) is 9.59 Å². The Hall–Kier alpha value is -3.48. The Kier molecular flexibility index (Phi) is 4.07. The molecule has 7 heteroatoms. The molecule has 0 saturated carbocycles. The van der Waals surface area contributed by atoms with Gasteiger partial charge in [0.2, 0.25) is 0 Å². The molecule has 0 bridgehead atoms. The highest BCUT2D eigenvalue weighted by Gasteiger charge is 2.14. The first-order valence-corrected chi connectivity index (χ1v) is 7.15. The van der Waals surface area contributed by atoms with Gasteiger partial charge in [-0.25, -0.2) is 4.79 Å². The Morgan fingerprint density at radius 3 is 2.79 bits per heavy atom. The number of carboxylic acid groups (broad SMARTS) is 1. The molecule has 0 saturated heterocycles. The normalized spacial score (nSPS) is 12.4. The Morgan fingerprint density at radius 1 is 1.17 bits per heavy atom. The predicted molar refractivity (Wildman–Crippen MR) is 90.2 cm³/mol. The zero-order valence-corrected chi connectivity index (χ0v) is 12.6. The van der Waals surface area contributed by atoms with Crippen molar-refractivity contribution in [3.05, 3.63) is 54.2 Å². The van der Waals surface area contributed by atoms with E-state index in [1.807, 2.05) is 6.07 Å². The molecule has 3 aromatic rings. The predicted octanol–water partition coefficient (Wildman–Crippen LogP) is 2.47. The number of aromatic carboxylic acids is 1.